The van der Waals surface area contributed by atoms with Crippen molar-refractivity contribution < 1.29 is 9.53 Å². The molecular weight excluding hydrogens is 388 g/mol. The summed E-state index contributed by atoms with van der Waals surface area (Å²) in [5.41, 5.74) is 2.05. The number of imidazole rings is 1. The van der Waals surface area contributed by atoms with Gasteiger partial charge in [0, 0.05) is 34.9 Å². The summed E-state index contributed by atoms with van der Waals surface area (Å²) in [5.74, 6) is 1.15. The van der Waals surface area contributed by atoms with Gasteiger partial charge in [-0.1, -0.05) is 29.8 Å². The second-order valence-electron chi connectivity index (χ2n) is 6.23. The van der Waals surface area contributed by atoms with Gasteiger partial charge in [0.1, 0.15) is 24.5 Å². The maximum Gasteiger partial charge on any atom is 0.257 e. The van der Waals surface area contributed by atoms with Gasteiger partial charge in [-0.25, -0.2) is 9.97 Å². The van der Waals surface area contributed by atoms with Crippen molar-refractivity contribution in [1.82, 2.24) is 14.5 Å². The van der Waals surface area contributed by atoms with Crippen molar-refractivity contribution in [3.8, 4) is 11.6 Å². The van der Waals surface area contributed by atoms with Crippen molar-refractivity contribution >= 4 is 23.2 Å². The molecule has 0 spiro atoms. The van der Waals surface area contributed by atoms with Gasteiger partial charge in [0.05, 0.1) is 5.56 Å². The Balaban J connectivity index is 1.35. The first-order valence-electron chi connectivity index (χ1n) is 8.91. The maximum absolute atomic E-state index is 12.4. The number of benzene rings is 2. The van der Waals surface area contributed by atoms with Gasteiger partial charge in [-0.2, -0.15) is 0 Å². The fraction of sp³-hybridized carbons (Fsp3) is 0.0455. The third-order valence-electron chi connectivity index (χ3n) is 4.24. The number of hydrogen-bond acceptors (Lipinski definition) is 4. The van der Waals surface area contributed by atoms with Crippen LogP contribution in [-0.4, -0.2) is 20.4 Å². The van der Waals surface area contributed by atoms with Crippen molar-refractivity contribution in [3.05, 3.63) is 102 Å². The molecule has 0 saturated heterocycles. The number of nitrogens with one attached hydrogen (secondary N) is 1. The number of nitrogens with zero attached hydrogens (tertiary/aromatic N) is 3. The monoisotopic (exact) mass is 404 g/mol. The molecule has 4 aromatic rings. The van der Waals surface area contributed by atoms with Gasteiger partial charge in [0.2, 0.25) is 0 Å². The third-order valence-corrected chi connectivity index (χ3v) is 4.61. The molecule has 0 fully saturated rings. The third kappa shape index (κ3) is 4.62. The smallest absolute Gasteiger partial charge is 0.257 e. The molecule has 0 radical (unpaired) electrons. The minimum atomic E-state index is -0.237. The molecule has 2 heterocycles. The number of carbonyl (C=O) groups excluding carboxylic acids is 1. The molecule has 0 atom stereocenters. The van der Waals surface area contributed by atoms with Gasteiger partial charge in [0.15, 0.2) is 0 Å². The zero-order valence-electron chi connectivity index (χ0n) is 15.3. The lowest BCUT2D eigenvalue weighted by Crippen LogP contribution is -2.12. The van der Waals surface area contributed by atoms with Crippen LogP contribution in [0.25, 0.3) is 5.82 Å². The van der Waals surface area contributed by atoms with E-state index in [1.54, 1.807) is 59.7 Å². The molecule has 0 bridgehead atoms. The van der Waals surface area contributed by atoms with Gasteiger partial charge < -0.3 is 10.1 Å². The number of halogens is 1. The lowest BCUT2D eigenvalue weighted by atomic mass is 10.2. The molecule has 29 heavy (non-hydrogen) atoms. The van der Waals surface area contributed by atoms with Crippen LogP contribution in [0.1, 0.15) is 15.9 Å². The fourth-order valence-corrected chi connectivity index (χ4v) is 2.87. The van der Waals surface area contributed by atoms with Crippen molar-refractivity contribution in [2.75, 3.05) is 5.32 Å². The SMILES string of the molecule is O=C(Nc1ccc(OCc2ccccc2Cl)cc1)c1ccc(-n2ccnc2)nc1. The van der Waals surface area contributed by atoms with E-state index in [-0.39, 0.29) is 5.91 Å². The Labute approximate surface area is 172 Å². The van der Waals surface area contributed by atoms with E-state index in [9.17, 15) is 4.79 Å². The molecule has 0 unspecified atom stereocenters. The van der Waals surface area contributed by atoms with Gasteiger partial charge in [-0.3, -0.25) is 9.36 Å². The number of rotatable bonds is 6. The molecule has 7 heteroatoms. The number of hydrogen-bond donors (Lipinski definition) is 1. The molecule has 1 amide bonds. The standard InChI is InChI=1S/C22H17ClN4O2/c23-20-4-2-1-3-17(20)14-29-19-8-6-18(7-9-19)26-22(28)16-5-10-21(25-13-16)27-12-11-24-15-27/h1-13,15H,14H2,(H,26,28). The van der Waals surface area contributed by atoms with E-state index >= 15 is 0 Å². The second kappa shape index (κ2) is 8.58. The largest absolute Gasteiger partial charge is 0.489 e. The minimum Gasteiger partial charge on any atom is -0.489 e. The Morgan fingerprint density at radius 3 is 2.59 bits per heavy atom. The highest BCUT2D eigenvalue weighted by Gasteiger charge is 2.08. The lowest BCUT2D eigenvalue weighted by Gasteiger charge is -2.09. The Bertz CT molecular complexity index is 1090. The van der Waals surface area contributed by atoms with Gasteiger partial charge in [0.25, 0.3) is 5.91 Å². The Hall–Kier alpha value is -3.64. The summed E-state index contributed by atoms with van der Waals surface area (Å²) < 4.78 is 7.52. The van der Waals surface area contributed by atoms with Crippen LogP contribution in [0.3, 0.4) is 0 Å². The average molecular weight is 405 g/mol. The van der Waals surface area contributed by atoms with Crippen LogP contribution in [0, 0.1) is 0 Å². The van der Waals surface area contributed by atoms with Crippen LogP contribution in [0.15, 0.2) is 85.6 Å². The molecule has 0 saturated carbocycles. The molecule has 1 N–H and O–H groups in total. The molecule has 6 nitrogen and oxygen atoms in total. The summed E-state index contributed by atoms with van der Waals surface area (Å²) >= 11 is 6.13. The number of amides is 1. The Morgan fingerprint density at radius 1 is 1.07 bits per heavy atom. The number of ether oxygens (including phenoxy) is 1. The molecule has 4 rings (SSSR count). The highest BCUT2D eigenvalue weighted by molar-refractivity contribution is 6.31. The predicted molar refractivity (Wildman–Crippen MR) is 112 cm³/mol. The zero-order chi connectivity index (χ0) is 20.1. The van der Waals surface area contributed by atoms with Crippen molar-refractivity contribution in [2.24, 2.45) is 0 Å². The summed E-state index contributed by atoms with van der Waals surface area (Å²) in [6.07, 6.45) is 6.64. The van der Waals surface area contributed by atoms with Crippen LogP contribution < -0.4 is 10.1 Å². The predicted octanol–water partition coefficient (Wildman–Crippen LogP) is 4.75. The maximum atomic E-state index is 12.4. The summed E-state index contributed by atoms with van der Waals surface area (Å²) in [7, 11) is 0. The fourth-order valence-electron chi connectivity index (χ4n) is 2.68. The van der Waals surface area contributed by atoms with Crippen LogP contribution in [0.4, 0.5) is 5.69 Å². The van der Waals surface area contributed by atoms with Crippen molar-refractivity contribution in [3.63, 3.8) is 0 Å². The van der Waals surface area contributed by atoms with Gasteiger partial charge in [-0.15, -0.1) is 0 Å². The average Bonchev–Trinajstić information content (AvgIpc) is 3.29. The Morgan fingerprint density at radius 2 is 1.90 bits per heavy atom. The number of aromatic nitrogens is 3. The molecule has 2 aromatic carbocycles. The molecule has 0 aliphatic heterocycles. The summed E-state index contributed by atoms with van der Waals surface area (Å²) in [4.78, 5) is 20.7. The first-order chi connectivity index (χ1) is 14.2. The topological polar surface area (TPSA) is 69.0 Å². The molecule has 0 aliphatic rings. The normalized spacial score (nSPS) is 10.5. The minimum absolute atomic E-state index is 0.237. The van der Waals surface area contributed by atoms with E-state index in [4.69, 9.17) is 16.3 Å². The van der Waals surface area contributed by atoms with Crippen molar-refractivity contribution in [1.29, 1.82) is 0 Å². The molecular formula is C22H17ClN4O2. The number of pyridine rings is 1. The van der Waals surface area contributed by atoms with E-state index in [1.807, 2.05) is 24.3 Å². The number of carbonyl (C=O) groups is 1. The van der Waals surface area contributed by atoms with Gasteiger partial charge >= 0.3 is 0 Å². The van der Waals surface area contributed by atoms with E-state index in [0.29, 0.717) is 34.4 Å². The number of anilines is 1. The molecule has 0 aliphatic carbocycles. The summed E-state index contributed by atoms with van der Waals surface area (Å²) in [5, 5.41) is 3.52. The molecule has 2 aromatic heterocycles. The van der Waals surface area contributed by atoms with E-state index < -0.39 is 0 Å². The van der Waals surface area contributed by atoms with Crippen LogP contribution >= 0.6 is 11.6 Å². The van der Waals surface area contributed by atoms with E-state index in [1.165, 1.54) is 6.20 Å². The van der Waals surface area contributed by atoms with Crippen molar-refractivity contribution in [2.45, 2.75) is 6.61 Å². The van der Waals surface area contributed by atoms with Crippen LogP contribution in [0.5, 0.6) is 5.75 Å². The first kappa shape index (κ1) is 18.7. The lowest BCUT2D eigenvalue weighted by molar-refractivity contribution is 0.102. The summed E-state index contributed by atoms with van der Waals surface area (Å²) in [6, 6.07) is 18.2. The summed E-state index contributed by atoms with van der Waals surface area (Å²) in [6.45, 7) is 0.375. The van der Waals surface area contributed by atoms with E-state index in [0.717, 1.165) is 5.56 Å². The first-order valence-corrected chi connectivity index (χ1v) is 9.29. The van der Waals surface area contributed by atoms with E-state index in [2.05, 4.69) is 15.3 Å². The van der Waals surface area contributed by atoms with Crippen LogP contribution in [-0.2, 0) is 6.61 Å². The van der Waals surface area contributed by atoms with Crippen LogP contribution in [0.2, 0.25) is 5.02 Å². The highest BCUT2D eigenvalue weighted by Crippen LogP contribution is 2.20. The highest BCUT2D eigenvalue weighted by atomic mass is 35.5. The zero-order valence-corrected chi connectivity index (χ0v) is 16.1. The van der Waals surface area contributed by atoms with Gasteiger partial charge in [-0.05, 0) is 42.5 Å². The Kier molecular flexibility index (Phi) is 5.54. The second-order valence-corrected chi connectivity index (χ2v) is 6.64. The quantitative estimate of drug-likeness (QED) is 0.503. The molecule has 144 valence electrons.